The smallest absolute Gasteiger partial charge is 0.255 e. The minimum Gasteiger partial charge on any atom is -0.436 e. The molecular formula is C22H18N2O2. The summed E-state index contributed by atoms with van der Waals surface area (Å²) in [6.45, 7) is 4.14. The summed E-state index contributed by atoms with van der Waals surface area (Å²) in [7, 11) is 0. The van der Waals surface area contributed by atoms with E-state index < -0.39 is 0 Å². The summed E-state index contributed by atoms with van der Waals surface area (Å²) >= 11 is 0. The number of aryl methyl sites for hydroxylation is 2. The molecule has 0 atom stereocenters. The van der Waals surface area contributed by atoms with Crippen LogP contribution < -0.4 is 5.32 Å². The molecule has 1 aromatic heterocycles. The Hall–Kier alpha value is -3.40. The highest BCUT2D eigenvalue weighted by atomic mass is 16.3. The third kappa shape index (κ3) is 3.09. The van der Waals surface area contributed by atoms with Crippen molar-refractivity contribution < 1.29 is 9.21 Å². The van der Waals surface area contributed by atoms with Gasteiger partial charge in [-0.05, 0) is 67.4 Å². The number of anilines is 1. The standard InChI is InChI=1S/C22H18N2O2/c1-14-8-9-17(12-15(14)2)22-24-19-13-18(10-11-20(19)26-22)23-21(25)16-6-4-3-5-7-16/h3-13H,1-2H3,(H,23,25). The third-order valence-corrected chi connectivity index (χ3v) is 4.44. The van der Waals surface area contributed by atoms with Gasteiger partial charge >= 0.3 is 0 Å². The Labute approximate surface area is 151 Å². The van der Waals surface area contributed by atoms with E-state index in [0.717, 1.165) is 5.56 Å². The normalized spacial score (nSPS) is 10.8. The van der Waals surface area contributed by atoms with Gasteiger partial charge in [0.2, 0.25) is 5.89 Å². The number of hydrogen-bond acceptors (Lipinski definition) is 3. The Morgan fingerprint density at radius 1 is 0.923 bits per heavy atom. The molecule has 0 aliphatic carbocycles. The number of aromatic nitrogens is 1. The van der Waals surface area contributed by atoms with Crippen molar-refractivity contribution in [1.82, 2.24) is 4.98 Å². The molecule has 0 saturated carbocycles. The molecule has 0 aliphatic rings. The lowest BCUT2D eigenvalue weighted by atomic mass is 10.1. The van der Waals surface area contributed by atoms with Crippen molar-refractivity contribution in [3.05, 3.63) is 83.4 Å². The van der Waals surface area contributed by atoms with Crippen molar-refractivity contribution in [2.75, 3.05) is 5.32 Å². The first kappa shape index (κ1) is 16.1. The van der Waals surface area contributed by atoms with Gasteiger partial charge in [0.15, 0.2) is 5.58 Å². The number of carbonyl (C=O) groups is 1. The van der Waals surface area contributed by atoms with Crippen LogP contribution in [-0.2, 0) is 0 Å². The predicted molar refractivity (Wildman–Crippen MR) is 103 cm³/mol. The van der Waals surface area contributed by atoms with Crippen molar-refractivity contribution in [3.63, 3.8) is 0 Å². The molecule has 0 bridgehead atoms. The maximum atomic E-state index is 12.3. The molecule has 3 aromatic carbocycles. The molecular weight excluding hydrogens is 324 g/mol. The fraction of sp³-hybridized carbons (Fsp3) is 0.0909. The Bertz CT molecular complexity index is 1100. The van der Waals surface area contributed by atoms with Crippen LogP contribution in [0.2, 0.25) is 0 Å². The summed E-state index contributed by atoms with van der Waals surface area (Å²) in [5, 5.41) is 2.90. The topological polar surface area (TPSA) is 55.1 Å². The van der Waals surface area contributed by atoms with Crippen LogP contribution >= 0.6 is 0 Å². The minimum absolute atomic E-state index is 0.150. The summed E-state index contributed by atoms with van der Waals surface area (Å²) in [5.41, 5.74) is 6.07. The molecule has 0 fully saturated rings. The summed E-state index contributed by atoms with van der Waals surface area (Å²) in [4.78, 5) is 16.9. The van der Waals surface area contributed by atoms with Crippen molar-refractivity contribution in [1.29, 1.82) is 0 Å². The van der Waals surface area contributed by atoms with Gasteiger partial charge in [-0.25, -0.2) is 4.98 Å². The van der Waals surface area contributed by atoms with Crippen molar-refractivity contribution in [2.45, 2.75) is 13.8 Å². The Morgan fingerprint density at radius 3 is 2.50 bits per heavy atom. The number of rotatable bonds is 3. The SMILES string of the molecule is Cc1ccc(-c2nc3cc(NC(=O)c4ccccc4)ccc3o2)cc1C. The Kier molecular flexibility index (Phi) is 4.01. The first-order valence-corrected chi connectivity index (χ1v) is 8.45. The van der Waals surface area contributed by atoms with E-state index in [1.807, 2.05) is 42.5 Å². The summed E-state index contributed by atoms with van der Waals surface area (Å²) < 4.78 is 5.87. The molecule has 4 nitrogen and oxygen atoms in total. The zero-order valence-electron chi connectivity index (χ0n) is 14.6. The third-order valence-electron chi connectivity index (χ3n) is 4.44. The van der Waals surface area contributed by atoms with E-state index in [4.69, 9.17) is 4.42 Å². The zero-order chi connectivity index (χ0) is 18.1. The lowest BCUT2D eigenvalue weighted by Gasteiger charge is -2.04. The number of hydrogen-bond donors (Lipinski definition) is 1. The van der Waals surface area contributed by atoms with Crippen LogP contribution in [0.1, 0.15) is 21.5 Å². The van der Waals surface area contributed by atoms with E-state index in [0.29, 0.717) is 28.2 Å². The average Bonchev–Trinajstić information content (AvgIpc) is 3.08. The highest BCUT2D eigenvalue weighted by Crippen LogP contribution is 2.27. The van der Waals surface area contributed by atoms with Gasteiger partial charge in [-0.15, -0.1) is 0 Å². The average molecular weight is 342 g/mol. The van der Waals surface area contributed by atoms with Gasteiger partial charge in [0.05, 0.1) is 0 Å². The molecule has 0 radical (unpaired) electrons. The molecule has 4 aromatic rings. The monoisotopic (exact) mass is 342 g/mol. The van der Waals surface area contributed by atoms with E-state index in [1.165, 1.54) is 11.1 Å². The molecule has 4 heteroatoms. The maximum absolute atomic E-state index is 12.3. The predicted octanol–water partition coefficient (Wildman–Crippen LogP) is 5.36. The van der Waals surface area contributed by atoms with E-state index >= 15 is 0 Å². The fourth-order valence-corrected chi connectivity index (χ4v) is 2.80. The molecule has 1 amide bonds. The number of nitrogens with zero attached hydrogens (tertiary/aromatic N) is 1. The lowest BCUT2D eigenvalue weighted by molar-refractivity contribution is 0.102. The quantitative estimate of drug-likeness (QED) is 0.545. The number of fused-ring (bicyclic) bond motifs is 1. The van der Waals surface area contributed by atoms with Crippen molar-refractivity contribution in [2.24, 2.45) is 0 Å². The molecule has 0 spiro atoms. The highest BCUT2D eigenvalue weighted by molar-refractivity contribution is 6.04. The van der Waals surface area contributed by atoms with E-state index in [2.05, 4.69) is 36.3 Å². The number of nitrogens with one attached hydrogen (secondary N) is 1. The molecule has 1 N–H and O–H groups in total. The van der Waals surface area contributed by atoms with Crippen LogP contribution in [0.5, 0.6) is 0 Å². The number of carbonyl (C=O) groups excluding carboxylic acids is 1. The second kappa shape index (κ2) is 6.48. The minimum atomic E-state index is -0.150. The van der Waals surface area contributed by atoms with Crippen LogP contribution in [0.3, 0.4) is 0 Å². The van der Waals surface area contributed by atoms with Gasteiger partial charge in [0.25, 0.3) is 5.91 Å². The zero-order valence-corrected chi connectivity index (χ0v) is 14.6. The number of oxazole rings is 1. The molecule has 128 valence electrons. The second-order valence-corrected chi connectivity index (χ2v) is 6.32. The molecule has 26 heavy (non-hydrogen) atoms. The van der Waals surface area contributed by atoms with Crippen LogP contribution in [0.4, 0.5) is 5.69 Å². The van der Waals surface area contributed by atoms with Gasteiger partial charge in [0.1, 0.15) is 5.52 Å². The lowest BCUT2D eigenvalue weighted by Crippen LogP contribution is -2.11. The van der Waals surface area contributed by atoms with Gasteiger partial charge in [-0.3, -0.25) is 4.79 Å². The molecule has 1 heterocycles. The maximum Gasteiger partial charge on any atom is 0.255 e. The van der Waals surface area contributed by atoms with Crippen molar-refractivity contribution in [3.8, 4) is 11.5 Å². The van der Waals surface area contributed by atoms with E-state index in [-0.39, 0.29) is 5.91 Å². The molecule has 0 saturated heterocycles. The molecule has 4 rings (SSSR count). The second-order valence-electron chi connectivity index (χ2n) is 6.32. The Balaban J connectivity index is 1.63. The Morgan fingerprint density at radius 2 is 1.73 bits per heavy atom. The molecule has 0 aliphatic heterocycles. The van der Waals surface area contributed by atoms with E-state index in [9.17, 15) is 4.79 Å². The fourth-order valence-electron chi connectivity index (χ4n) is 2.80. The van der Waals surface area contributed by atoms with Crippen LogP contribution in [0.15, 0.2) is 71.1 Å². The van der Waals surface area contributed by atoms with Gasteiger partial charge < -0.3 is 9.73 Å². The van der Waals surface area contributed by atoms with Crippen LogP contribution in [0, 0.1) is 13.8 Å². The first-order valence-electron chi connectivity index (χ1n) is 8.45. The van der Waals surface area contributed by atoms with Gasteiger partial charge in [-0.2, -0.15) is 0 Å². The largest absolute Gasteiger partial charge is 0.436 e. The summed E-state index contributed by atoms with van der Waals surface area (Å²) in [5.74, 6) is 0.428. The van der Waals surface area contributed by atoms with Crippen LogP contribution in [0.25, 0.3) is 22.6 Å². The number of amides is 1. The highest BCUT2D eigenvalue weighted by Gasteiger charge is 2.11. The number of benzene rings is 3. The van der Waals surface area contributed by atoms with E-state index in [1.54, 1.807) is 12.1 Å². The van der Waals surface area contributed by atoms with Gasteiger partial charge in [-0.1, -0.05) is 24.3 Å². The van der Waals surface area contributed by atoms with Gasteiger partial charge in [0, 0.05) is 16.8 Å². The first-order chi connectivity index (χ1) is 12.6. The summed E-state index contributed by atoms with van der Waals surface area (Å²) in [6.07, 6.45) is 0. The van der Waals surface area contributed by atoms with Crippen molar-refractivity contribution >= 4 is 22.7 Å². The summed E-state index contributed by atoms with van der Waals surface area (Å²) in [6, 6.07) is 20.7. The van der Waals surface area contributed by atoms with Crippen LogP contribution in [-0.4, -0.2) is 10.9 Å². The molecule has 0 unspecified atom stereocenters.